The first-order chi connectivity index (χ1) is 20.3. The molecule has 7 nitrogen and oxygen atoms in total. The van der Waals surface area contributed by atoms with E-state index >= 15 is 0 Å². The molecule has 7 heteroatoms. The van der Waals surface area contributed by atoms with E-state index in [0.29, 0.717) is 18.4 Å². The first-order valence-electron chi connectivity index (χ1n) is 15.0. The second-order valence-electron chi connectivity index (χ2n) is 11.6. The van der Waals surface area contributed by atoms with E-state index in [1.807, 2.05) is 24.4 Å². The van der Waals surface area contributed by atoms with E-state index in [0.717, 1.165) is 55.6 Å². The van der Waals surface area contributed by atoms with E-state index in [-0.39, 0.29) is 6.04 Å². The van der Waals surface area contributed by atoms with E-state index < -0.39 is 0 Å². The molecule has 1 saturated carbocycles. The zero-order chi connectivity index (χ0) is 27.2. The van der Waals surface area contributed by atoms with Crippen molar-refractivity contribution in [3.8, 4) is 17.1 Å². The molecule has 2 aliphatic carbocycles. The van der Waals surface area contributed by atoms with Gasteiger partial charge in [0, 0.05) is 47.9 Å². The minimum Gasteiger partial charge on any atom is -0.473 e. The number of rotatable bonds is 7. The molecule has 2 fully saturated rings. The number of hydrogen-bond donors (Lipinski definition) is 1. The number of aromatic nitrogens is 4. The average molecular weight is 546 g/mol. The standard InChI is InChI=1S/C34H35N5O2/c1-2-6-23(7-3-1)21-41-32-18-27-28(19-35-29(27)20-36-32)34-33(24-12-13-24)37-22-39(34)31-11-5-8-25-26(31)9-4-10-30(25)38-14-16-40-17-15-38/h1-4,6-7,9-10,18-20,22,24,31,35H,5,8,11-17,21H2. The summed E-state index contributed by atoms with van der Waals surface area (Å²) in [6.07, 6.45) is 12.0. The second-order valence-corrected chi connectivity index (χ2v) is 11.6. The number of benzene rings is 2. The summed E-state index contributed by atoms with van der Waals surface area (Å²) < 4.78 is 14.3. The Balaban J connectivity index is 1.19. The fraction of sp³-hybridized carbons (Fsp3) is 0.353. The highest BCUT2D eigenvalue weighted by atomic mass is 16.5. The zero-order valence-electron chi connectivity index (χ0n) is 23.3. The third kappa shape index (κ3) is 4.58. The van der Waals surface area contributed by atoms with Gasteiger partial charge in [-0.15, -0.1) is 0 Å². The lowest BCUT2D eigenvalue weighted by atomic mass is 9.85. The molecule has 0 bridgehead atoms. The van der Waals surface area contributed by atoms with Crippen molar-refractivity contribution in [2.45, 2.75) is 50.7 Å². The van der Waals surface area contributed by atoms with E-state index in [9.17, 15) is 0 Å². The lowest BCUT2D eigenvalue weighted by Gasteiger charge is -2.35. The Kier molecular flexibility index (Phi) is 6.25. The quantitative estimate of drug-likeness (QED) is 0.248. The summed E-state index contributed by atoms with van der Waals surface area (Å²) in [6, 6.07) is 19.5. The first kappa shape index (κ1) is 24.7. The fourth-order valence-electron chi connectivity index (χ4n) is 6.75. The van der Waals surface area contributed by atoms with Gasteiger partial charge in [-0.05, 0) is 54.9 Å². The molecule has 1 atom stereocenters. The normalized spacial score (nSPS) is 18.9. The van der Waals surface area contributed by atoms with Crippen molar-refractivity contribution in [1.29, 1.82) is 0 Å². The second kappa shape index (κ2) is 10.4. The Hall–Kier alpha value is -4.10. The van der Waals surface area contributed by atoms with Crippen LogP contribution in [0.15, 0.2) is 73.3 Å². The fourth-order valence-corrected chi connectivity index (χ4v) is 6.75. The van der Waals surface area contributed by atoms with Gasteiger partial charge < -0.3 is 23.9 Å². The topological polar surface area (TPSA) is 68.2 Å². The van der Waals surface area contributed by atoms with Crippen LogP contribution < -0.4 is 9.64 Å². The van der Waals surface area contributed by atoms with Crippen molar-refractivity contribution < 1.29 is 9.47 Å². The van der Waals surface area contributed by atoms with Crippen LogP contribution in [0.2, 0.25) is 0 Å². The SMILES string of the molecule is c1ccc(COc2cc3c(-c4c(C5CC5)ncn4C4CCCc5c4cccc5N4CCOCC4)c[nH]c3cn2)cc1. The summed E-state index contributed by atoms with van der Waals surface area (Å²) in [4.78, 5) is 15.7. The minimum atomic E-state index is 0.260. The summed E-state index contributed by atoms with van der Waals surface area (Å²) in [7, 11) is 0. The number of pyridine rings is 1. The molecular formula is C34H35N5O2. The van der Waals surface area contributed by atoms with E-state index in [1.165, 1.54) is 53.0 Å². The molecule has 3 aliphatic rings. The molecule has 1 N–H and O–H groups in total. The van der Waals surface area contributed by atoms with Crippen molar-refractivity contribution >= 4 is 16.6 Å². The van der Waals surface area contributed by atoms with Crippen molar-refractivity contribution in [1.82, 2.24) is 19.5 Å². The molecular weight excluding hydrogens is 510 g/mol. The maximum atomic E-state index is 6.13. The largest absolute Gasteiger partial charge is 0.473 e. The maximum absolute atomic E-state index is 6.13. The predicted octanol–water partition coefficient (Wildman–Crippen LogP) is 6.65. The number of nitrogens with one attached hydrogen (secondary N) is 1. The molecule has 208 valence electrons. The van der Waals surface area contributed by atoms with Crippen LogP contribution in [0.4, 0.5) is 5.69 Å². The molecule has 1 saturated heterocycles. The van der Waals surface area contributed by atoms with Gasteiger partial charge in [-0.1, -0.05) is 42.5 Å². The van der Waals surface area contributed by atoms with Gasteiger partial charge in [-0.25, -0.2) is 9.97 Å². The van der Waals surface area contributed by atoms with Crippen molar-refractivity contribution in [2.75, 3.05) is 31.2 Å². The van der Waals surface area contributed by atoms with Gasteiger partial charge in [0.1, 0.15) is 6.61 Å². The highest BCUT2D eigenvalue weighted by Crippen LogP contribution is 2.48. The smallest absolute Gasteiger partial charge is 0.214 e. The van der Waals surface area contributed by atoms with Gasteiger partial charge in [-0.2, -0.15) is 0 Å². The number of H-pyrrole nitrogens is 1. The number of aromatic amines is 1. The lowest BCUT2D eigenvalue weighted by Crippen LogP contribution is -2.37. The average Bonchev–Trinajstić information content (AvgIpc) is 3.66. The third-order valence-corrected chi connectivity index (χ3v) is 8.95. The molecule has 5 aromatic rings. The molecule has 0 amide bonds. The molecule has 3 aromatic heterocycles. The predicted molar refractivity (Wildman–Crippen MR) is 161 cm³/mol. The Morgan fingerprint density at radius 2 is 1.85 bits per heavy atom. The number of nitrogens with zero attached hydrogens (tertiary/aromatic N) is 4. The first-order valence-corrected chi connectivity index (χ1v) is 15.0. The molecule has 1 aliphatic heterocycles. The van der Waals surface area contributed by atoms with Gasteiger partial charge in [0.2, 0.25) is 5.88 Å². The number of hydrogen-bond acceptors (Lipinski definition) is 5. The summed E-state index contributed by atoms with van der Waals surface area (Å²) >= 11 is 0. The maximum Gasteiger partial charge on any atom is 0.214 e. The Labute approximate surface area is 240 Å². The Morgan fingerprint density at radius 1 is 0.976 bits per heavy atom. The summed E-state index contributed by atoms with van der Waals surface area (Å²) in [6.45, 7) is 4.02. The van der Waals surface area contributed by atoms with Crippen LogP contribution in [-0.2, 0) is 17.8 Å². The zero-order valence-corrected chi connectivity index (χ0v) is 23.3. The van der Waals surface area contributed by atoms with Crippen molar-refractivity contribution in [3.05, 3.63) is 95.7 Å². The van der Waals surface area contributed by atoms with Gasteiger partial charge in [0.05, 0.1) is 48.7 Å². The van der Waals surface area contributed by atoms with Crippen molar-refractivity contribution in [2.24, 2.45) is 0 Å². The van der Waals surface area contributed by atoms with Crippen LogP contribution in [0.5, 0.6) is 5.88 Å². The number of fused-ring (bicyclic) bond motifs is 2. The molecule has 0 spiro atoms. The molecule has 41 heavy (non-hydrogen) atoms. The molecule has 2 aromatic carbocycles. The number of ether oxygens (including phenoxy) is 2. The van der Waals surface area contributed by atoms with Crippen LogP contribution in [0, 0.1) is 0 Å². The van der Waals surface area contributed by atoms with E-state index in [2.05, 4.69) is 68.4 Å². The Bertz CT molecular complexity index is 1680. The van der Waals surface area contributed by atoms with Crippen LogP contribution in [0.25, 0.3) is 22.2 Å². The van der Waals surface area contributed by atoms with Crippen LogP contribution in [0.3, 0.4) is 0 Å². The van der Waals surface area contributed by atoms with Gasteiger partial charge in [-0.3, -0.25) is 0 Å². The highest BCUT2D eigenvalue weighted by molar-refractivity contribution is 5.95. The summed E-state index contributed by atoms with van der Waals surface area (Å²) in [5, 5.41) is 1.13. The summed E-state index contributed by atoms with van der Waals surface area (Å²) in [5.41, 5.74) is 10.1. The van der Waals surface area contributed by atoms with Crippen molar-refractivity contribution in [3.63, 3.8) is 0 Å². The Morgan fingerprint density at radius 3 is 2.71 bits per heavy atom. The minimum absolute atomic E-state index is 0.260. The van der Waals surface area contributed by atoms with Gasteiger partial charge in [0.25, 0.3) is 0 Å². The number of anilines is 1. The van der Waals surface area contributed by atoms with E-state index in [1.54, 1.807) is 0 Å². The number of morpholine rings is 1. The molecule has 1 unspecified atom stereocenters. The molecule has 0 radical (unpaired) electrons. The monoisotopic (exact) mass is 545 g/mol. The summed E-state index contributed by atoms with van der Waals surface area (Å²) in [5.74, 6) is 1.17. The van der Waals surface area contributed by atoms with Gasteiger partial charge >= 0.3 is 0 Å². The molecule has 4 heterocycles. The van der Waals surface area contributed by atoms with Gasteiger partial charge in [0.15, 0.2) is 0 Å². The molecule has 8 rings (SSSR count). The third-order valence-electron chi connectivity index (χ3n) is 8.95. The van der Waals surface area contributed by atoms with Crippen LogP contribution in [0.1, 0.15) is 60.0 Å². The number of imidazole rings is 1. The van der Waals surface area contributed by atoms with E-state index in [4.69, 9.17) is 14.5 Å². The van der Waals surface area contributed by atoms with Crippen LogP contribution >= 0.6 is 0 Å². The van der Waals surface area contributed by atoms with Crippen LogP contribution in [-0.4, -0.2) is 45.8 Å². The lowest BCUT2D eigenvalue weighted by molar-refractivity contribution is 0.122. The highest BCUT2D eigenvalue weighted by Gasteiger charge is 2.34.